The van der Waals surface area contributed by atoms with E-state index >= 15 is 0 Å². The van der Waals surface area contributed by atoms with E-state index < -0.39 is 0 Å². The first-order valence-electron chi connectivity index (χ1n) is 8.79. The minimum atomic E-state index is -0.219. The third-order valence-corrected chi connectivity index (χ3v) is 5.33. The largest absolute Gasteiger partial charge is 0.323 e. The average molecular weight is 392 g/mol. The van der Waals surface area contributed by atoms with E-state index in [1.54, 1.807) is 18.2 Å². The van der Waals surface area contributed by atoms with Gasteiger partial charge in [-0.05, 0) is 30.7 Å². The summed E-state index contributed by atoms with van der Waals surface area (Å²) in [6, 6.07) is 15.3. The van der Waals surface area contributed by atoms with Crippen molar-refractivity contribution in [3.63, 3.8) is 0 Å². The molecule has 3 rings (SSSR count). The molecular weight excluding hydrogens is 369 g/mol. The molecule has 1 aliphatic rings. The number of hydrogen-bond donors (Lipinski definition) is 1. The van der Waals surface area contributed by atoms with Gasteiger partial charge >= 0.3 is 0 Å². The number of nitrogens with zero attached hydrogens (tertiary/aromatic N) is 2. The predicted octanol–water partition coefficient (Wildman–Crippen LogP) is 4.14. The molecule has 0 aromatic heterocycles. The third-order valence-electron chi connectivity index (χ3n) is 4.77. The molecule has 0 spiro atoms. The zero-order valence-corrected chi connectivity index (χ0v) is 16.3. The Labute approximate surface area is 164 Å². The van der Waals surface area contributed by atoms with E-state index in [2.05, 4.69) is 39.4 Å². The Morgan fingerprint density at radius 2 is 1.77 bits per heavy atom. The van der Waals surface area contributed by atoms with Gasteiger partial charge in [-0.15, -0.1) is 0 Å². The Hall–Kier alpha value is -1.59. The monoisotopic (exact) mass is 391 g/mol. The summed E-state index contributed by atoms with van der Waals surface area (Å²) in [6.45, 7) is 6.51. The SMILES string of the molecule is C[C@@H](C(=O)Nc1cc(Cl)ccc1Cl)N1CCN(Cc2ccccc2)CC1. The molecule has 0 saturated carbocycles. The Bertz CT molecular complexity index is 746. The summed E-state index contributed by atoms with van der Waals surface area (Å²) >= 11 is 12.1. The molecular formula is C20H23Cl2N3O. The van der Waals surface area contributed by atoms with Crippen molar-refractivity contribution in [3.8, 4) is 0 Å². The van der Waals surface area contributed by atoms with E-state index in [0.717, 1.165) is 32.7 Å². The number of halogens is 2. The minimum absolute atomic E-state index is 0.0642. The first kappa shape index (κ1) is 19.2. The van der Waals surface area contributed by atoms with Gasteiger partial charge in [0, 0.05) is 37.7 Å². The molecule has 4 nitrogen and oxygen atoms in total. The molecule has 138 valence electrons. The summed E-state index contributed by atoms with van der Waals surface area (Å²) in [5.41, 5.74) is 1.88. The van der Waals surface area contributed by atoms with E-state index in [-0.39, 0.29) is 11.9 Å². The smallest absolute Gasteiger partial charge is 0.241 e. The van der Waals surface area contributed by atoms with Gasteiger partial charge in [-0.3, -0.25) is 14.6 Å². The predicted molar refractivity (Wildman–Crippen MR) is 108 cm³/mol. The van der Waals surface area contributed by atoms with Gasteiger partial charge in [0.05, 0.1) is 16.8 Å². The van der Waals surface area contributed by atoms with Gasteiger partial charge in [0.15, 0.2) is 0 Å². The second-order valence-corrected chi connectivity index (χ2v) is 7.43. The Morgan fingerprint density at radius 1 is 1.08 bits per heavy atom. The van der Waals surface area contributed by atoms with Crippen molar-refractivity contribution in [2.24, 2.45) is 0 Å². The van der Waals surface area contributed by atoms with Gasteiger partial charge < -0.3 is 5.32 Å². The van der Waals surface area contributed by atoms with Crippen LogP contribution in [0.25, 0.3) is 0 Å². The molecule has 1 aliphatic heterocycles. The fraction of sp³-hybridized carbons (Fsp3) is 0.350. The maximum atomic E-state index is 12.6. The van der Waals surface area contributed by atoms with Gasteiger partial charge in [0.2, 0.25) is 5.91 Å². The maximum Gasteiger partial charge on any atom is 0.241 e. The van der Waals surface area contributed by atoms with Crippen molar-refractivity contribution >= 4 is 34.8 Å². The quantitative estimate of drug-likeness (QED) is 0.831. The van der Waals surface area contributed by atoms with Crippen LogP contribution in [0.2, 0.25) is 10.0 Å². The van der Waals surface area contributed by atoms with E-state index in [9.17, 15) is 4.79 Å². The van der Waals surface area contributed by atoms with Crippen molar-refractivity contribution in [1.82, 2.24) is 9.80 Å². The van der Waals surface area contributed by atoms with Crippen LogP contribution in [0.5, 0.6) is 0 Å². The Morgan fingerprint density at radius 3 is 2.46 bits per heavy atom. The van der Waals surface area contributed by atoms with Crippen LogP contribution in [-0.4, -0.2) is 47.9 Å². The summed E-state index contributed by atoms with van der Waals surface area (Å²) in [4.78, 5) is 17.2. The van der Waals surface area contributed by atoms with Crippen LogP contribution >= 0.6 is 23.2 Å². The van der Waals surface area contributed by atoms with Gasteiger partial charge in [-0.2, -0.15) is 0 Å². The van der Waals surface area contributed by atoms with Crippen LogP contribution in [0.1, 0.15) is 12.5 Å². The highest BCUT2D eigenvalue weighted by molar-refractivity contribution is 6.35. The maximum absolute atomic E-state index is 12.6. The molecule has 1 fully saturated rings. The number of rotatable bonds is 5. The standard InChI is InChI=1S/C20H23Cl2N3O/c1-15(20(26)23-19-13-17(21)7-8-18(19)22)25-11-9-24(10-12-25)14-16-5-3-2-4-6-16/h2-8,13,15H,9-12,14H2,1H3,(H,23,26)/t15-/m0/s1. The van der Waals surface area contributed by atoms with Crippen LogP contribution in [-0.2, 0) is 11.3 Å². The summed E-state index contributed by atoms with van der Waals surface area (Å²) in [6.07, 6.45) is 0. The van der Waals surface area contributed by atoms with E-state index in [4.69, 9.17) is 23.2 Å². The number of nitrogens with one attached hydrogen (secondary N) is 1. The van der Waals surface area contributed by atoms with Gasteiger partial charge in [0.1, 0.15) is 0 Å². The molecule has 26 heavy (non-hydrogen) atoms. The van der Waals surface area contributed by atoms with Crippen LogP contribution < -0.4 is 5.32 Å². The highest BCUT2D eigenvalue weighted by atomic mass is 35.5. The lowest BCUT2D eigenvalue weighted by Gasteiger charge is -2.37. The molecule has 0 aliphatic carbocycles. The fourth-order valence-corrected chi connectivity index (χ4v) is 3.48. The molecule has 2 aromatic rings. The van der Waals surface area contributed by atoms with E-state index in [1.807, 2.05) is 13.0 Å². The van der Waals surface area contributed by atoms with Crippen LogP contribution in [0.3, 0.4) is 0 Å². The fourth-order valence-electron chi connectivity index (χ4n) is 3.15. The lowest BCUT2D eigenvalue weighted by molar-refractivity contribution is -0.121. The average Bonchev–Trinajstić information content (AvgIpc) is 2.65. The van der Waals surface area contributed by atoms with Gasteiger partial charge in [-0.1, -0.05) is 53.5 Å². The lowest BCUT2D eigenvalue weighted by atomic mass is 10.1. The van der Waals surface area contributed by atoms with E-state index in [1.165, 1.54) is 5.56 Å². The van der Waals surface area contributed by atoms with Crippen molar-refractivity contribution in [2.75, 3.05) is 31.5 Å². The van der Waals surface area contributed by atoms with Gasteiger partial charge in [0.25, 0.3) is 0 Å². The zero-order valence-electron chi connectivity index (χ0n) is 14.8. The summed E-state index contributed by atoms with van der Waals surface area (Å²) in [7, 11) is 0. The van der Waals surface area contributed by atoms with Crippen LogP contribution in [0.4, 0.5) is 5.69 Å². The number of carbonyl (C=O) groups is 1. The van der Waals surface area contributed by atoms with Crippen molar-refractivity contribution in [3.05, 3.63) is 64.1 Å². The molecule has 1 N–H and O–H groups in total. The highest BCUT2D eigenvalue weighted by Crippen LogP contribution is 2.25. The summed E-state index contributed by atoms with van der Waals surface area (Å²) in [5.74, 6) is -0.0642. The molecule has 2 aromatic carbocycles. The molecule has 1 atom stereocenters. The summed E-state index contributed by atoms with van der Waals surface area (Å²) < 4.78 is 0. The number of piperazine rings is 1. The molecule has 0 unspecified atom stereocenters. The van der Waals surface area contributed by atoms with Crippen molar-refractivity contribution < 1.29 is 4.79 Å². The second kappa shape index (κ2) is 8.87. The number of anilines is 1. The first-order chi connectivity index (χ1) is 12.5. The Kier molecular flexibility index (Phi) is 6.54. The second-order valence-electron chi connectivity index (χ2n) is 6.59. The lowest BCUT2D eigenvalue weighted by Crippen LogP contribution is -2.52. The highest BCUT2D eigenvalue weighted by Gasteiger charge is 2.26. The van der Waals surface area contributed by atoms with Crippen molar-refractivity contribution in [1.29, 1.82) is 0 Å². The van der Waals surface area contributed by atoms with Gasteiger partial charge in [-0.25, -0.2) is 0 Å². The minimum Gasteiger partial charge on any atom is -0.323 e. The topological polar surface area (TPSA) is 35.6 Å². The molecule has 1 heterocycles. The molecule has 0 bridgehead atoms. The number of carbonyl (C=O) groups excluding carboxylic acids is 1. The molecule has 1 amide bonds. The molecule has 6 heteroatoms. The zero-order chi connectivity index (χ0) is 18.5. The van der Waals surface area contributed by atoms with Crippen molar-refractivity contribution in [2.45, 2.75) is 19.5 Å². The Balaban J connectivity index is 1.52. The summed E-state index contributed by atoms with van der Waals surface area (Å²) in [5, 5.41) is 3.93. The number of amides is 1. The van der Waals surface area contributed by atoms with Crippen LogP contribution in [0.15, 0.2) is 48.5 Å². The number of benzene rings is 2. The third kappa shape index (κ3) is 4.98. The number of hydrogen-bond acceptors (Lipinski definition) is 3. The molecule has 0 radical (unpaired) electrons. The van der Waals surface area contributed by atoms with E-state index in [0.29, 0.717) is 15.7 Å². The first-order valence-corrected chi connectivity index (χ1v) is 9.55. The molecule has 1 saturated heterocycles. The van der Waals surface area contributed by atoms with Crippen LogP contribution in [0, 0.1) is 0 Å². The normalized spacial score (nSPS) is 17.0.